The molecule has 0 unspecified atom stereocenters. The van der Waals surface area contributed by atoms with E-state index in [9.17, 15) is 9.59 Å². The molecule has 0 spiro atoms. The Bertz CT molecular complexity index is 1100. The SMILES string of the molecule is Cc1cc(SCC(=O)NN=C2SCC(=O)N2c2ccccc2)nc2ccccc12. The summed E-state index contributed by atoms with van der Waals surface area (Å²) in [6.45, 7) is 2.03. The molecule has 1 aromatic heterocycles. The first kappa shape index (κ1) is 19.5. The van der Waals surface area contributed by atoms with Crippen molar-refractivity contribution in [2.45, 2.75) is 11.9 Å². The Morgan fingerprint density at radius 2 is 1.97 bits per heavy atom. The molecule has 1 fully saturated rings. The van der Waals surface area contributed by atoms with E-state index in [1.54, 1.807) is 0 Å². The number of fused-ring (bicyclic) bond motifs is 1. The van der Waals surface area contributed by atoms with E-state index >= 15 is 0 Å². The number of amidine groups is 1. The quantitative estimate of drug-likeness (QED) is 0.500. The summed E-state index contributed by atoms with van der Waals surface area (Å²) >= 11 is 2.66. The topological polar surface area (TPSA) is 74.7 Å². The molecule has 8 heteroatoms. The molecule has 1 aliphatic heterocycles. The number of rotatable bonds is 5. The van der Waals surface area contributed by atoms with Crippen LogP contribution in [-0.2, 0) is 9.59 Å². The molecule has 1 saturated heterocycles. The molecule has 2 amide bonds. The van der Waals surface area contributed by atoms with E-state index < -0.39 is 0 Å². The molecule has 1 N–H and O–H groups in total. The second-order valence-corrected chi connectivity index (χ2v) is 8.30. The number of aromatic nitrogens is 1. The van der Waals surface area contributed by atoms with E-state index in [0.29, 0.717) is 10.9 Å². The number of carbonyl (C=O) groups is 2. The van der Waals surface area contributed by atoms with Crippen LogP contribution >= 0.6 is 23.5 Å². The fraction of sp³-hybridized carbons (Fsp3) is 0.143. The number of pyridine rings is 1. The first-order chi connectivity index (χ1) is 14.1. The monoisotopic (exact) mass is 422 g/mol. The molecule has 2 heterocycles. The number of thioether (sulfide) groups is 2. The average molecular weight is 423 g/mol. The van der Waals surface area contributed by atoms with Crippen LogP contribution in [0.3, 0.4) is 0 Å². The van der Waals surface area contributed by atoms with Gasteiger partial charge in [0.15, 0.2) is 5.17 Å². The highest BCUT2D eigenvalue weighted by molar-refractivity contribution is 8.15. The standard InChI is InChI=1S/C21H18N4O2S2/c1-14-11-19(22-17-10-6-5-9-16(14)17)28-12-18(26)23-24-21-25(20(27)13-29-21)15-7-3-2-4-8-15/h2-11H,12-13H2,1H3,(H,23,26). The Hall–Kier alpha value is -2.84. The van der Waals surface area contributed by atoms with E-state index in [1.807, 2.05) is 67.6 Å². The normalized spacial score (nSPS) is 15.3. The molecule has 146 valence electrons. The van der Waals surface area contributed by atoms with Gasteiger partial charge in [-0.3, -0.25) is 14.5 Å². The van der Waals surface area contributed by atoms with Crippen molar-refractivity contribution in [2.24, 2.45) is 5.10 Å². The van der Waals surface area contributed by atoms with E-state index in [1.165, 1.54) is 28.4 Å². The van der Waals surface area contributed by atoms with E-state index in [2.05, 4.69) is 15.5 Å². The minimum absolute atomic E-state index is 0.0561. The van der Waals surface area contributed by atoms with Crippen LogP contribution in [0.4, 0.5) is 5.69 Å². The van der Waals surface area contributed by atoms with Gasteiger partial charge in [0.1, 0.15) is 0 Å². The number of hydrogen-bond donors (Lipinski definition) is 1. The second kappa shape index (κ2) is 8.67. The number of benzene rings is 2. The third-order valence-corrected chi connectivity index (χ3v) is 6.14. The van der Waals surface area contributed by atoms with Crippen LogP contribution in [0, 0.1) is 6.92 Å². The van der Waals surface area contributed by atoms with Crippen molar-refractivity contribution in [1.29, 1.82) is 0 Å². The van der Waals surface area contributed by atoms with Crippen molar-refractivity contribution in [2.75, 3.05) is 16.4 Å². The Labute approximate surface area is 176 Å². The minimum Gasteiger partial charge on any atom is -0.273 e. The van der Waals surface area contributed by atoms with Crippen LogP contribution in [0.15, 0.2) is 70.8 Å². The summed E-state index contributed by atoms with van der Waals surface area (Å²) in [5.74, 6) is 0.187. The minimum atomic E-state index is -0.247. The lowest BCUT2D eigenvalue weighted by atomic mass is 10.1. The Morgan fingerprint density at radius 3 is 2.79 bits per heavy atom. The third kappa shape index (κ3) is 4.44. The summed E-state index contributed by atoms with van der Waals surface area (Å²) in [7, 11) is 0. The Morgan fingerprint density at radius 1 is 1.21 bits per heavy atom. The number of amides is 2. The van der Waals surface area contributed by atoms with Gasteiger partial charge in [0, 0.05) is 5.39 Å². The van der Waals surface area contributed by atoms with Crippen molar-refractivity contribution in [3.63, 3.8) is 0 Å². The van der Waals surface area contributed by atoms with Crippen LogP contribution in [0.25, 0.3) is 10.9 Å². The largest absolute Gasteiger partial charge is 0.273 e. The van der Waals surface area contributed by atoms with Gasteiger partial charge in [0.2, 0.25) is 5.91 Å². The maximum atomic E-state index is 12.3. The zero-order valence-corrected chi connectivity index (χ0v) is 17.3. The van der Waals surface area contributed by atoms with E-state index in [0.717, 1.165) is 27.2 Å². The zero-order valence-electron chi connectivity index (χ0n) is 15.7. The Kier molecular flexibility index (Phi) is 5.82. The number of nitrogens with zero attached hydrogens (tertiary/aromatic N) is 3. The lowest BCUT2D eigenvalue weighted by Crippen LogP contribution is -2.31. The summed E-state index contributed by atoms with van der Waals surface area (Å²) in [4.78, 5) is 30.6. The molecule has 1 aliphatic rings. The maximum absolute atomic E-state index is 12.3. The predicted octanol–water partition coefficient (Wildman–Crippen LogP) is 3.80. The van der Waals surface area contributed by atoms with Gasteiger partial charge in [-0.2, -0.15) is 0 Å². The highest BCUT2D eigenvalue weighted by Crippen LogP contribution is 2.26. The van der Waals surface area contributed by atoms with Crippen molar-refractivity contribution in [3.8, 4) is 0 Å². The zero-order chi connectivity index (χ0) is 20.2. The molecule has 0 atom stereocenters. The second-order valence-electron chi connectivity index (χ2n) is 6.37. The highest BCUT2D eigenvalue weighted by atomic mass is 32.2. The van der Waals surface area contributed by atoms with Crippen LogP contribution in [0.5, 0.6) is 0 Å². The summed E-state index contributed by atoms with van der Waals surface area (Å²) in [6, 6.07) is 19.2. The molecule has 0 saturated carbocycles. The van der Waals surface area contributed by atoms with E-state index in [-0.39, 0.29) is 17.6 Å². The van der Waals surface area contributed by atoms with Gasteiger partial charge in [-0.1, -0.05) is 59.9 Å². The van der Waals surface area contributed by atoms with Gasteiger partial charge >= 0.3 is 0 Å². The number of hydrogen-bond acceptors (Lipinski definition) is 6. The molecule has 6 nitrogen and oxygen atoms in total. The molecule has 2 aromatic carbocycles. The molecular formula is C21H18N4O2S2. The molecular weight excluding hydrogens is 404 g/mol. The maximum Gasteiger partial charge on any atom is 0.250 e. The fourth-order valence-electron chi connectivity index (χ4n) is 2.95. The molecule has 0 radical (unpaired) electrons. The number of carbonyl (C=O) groups excluding carboxylic acids is 2. The number of nitrogens with one attached hydrogen (secondary N) is 1. The van der Waals surface area contributed by atoms with Crippen molar-refractivity contribution in [1.82, 2.24) is 10.4 Å². The number of anilines is 1. The van der Waals surface area contributed by atoms with Crippen molar-refractivity contribution >= 4 is 57.1 Å². The number of aryl methyl sites for hydroxylation is 1. The van der Waals surface area contributed by atoms with Gasteiger partial charge in [0.25, 0.3) is 5.91 Å². The first-order valence-electron chi connectivity index (χ1n) is 8.98. The summed E-state index contributed by atoms with van der Waals surface area (Å²) in [5, 5.41) is 6.53. The molecule has 29 heavy (non-hydrogen) atoms. The number of para-hydroxylation sites is 2. The summed E-state index contributed by atoms with van der Waals surface area (Å²) < 4.78 is 0. The van der Waals surface area contributed by atoms with Crippen LogP contribution in [0.1, 0.15) is 5.56 Å². The van der Waals surface area contributed by atoms with Crippen molar-refractivity contribution < 1.29 is 9.59 Å². The lowest BCUT2D eigenvalue weighted by Gasteiger charge is -2.15. The summed E-state index contributed by atoms with van der Waals surface area (Å²) in [5.41, 5.74) is 5.32. The van der Waals surface area contributed by atoms with E-state index in [4.69, 9.17) is 0 Å². The van der Waals surface area contributed by atoms with Gasteiger partial charge in [0.05, 0.1) is 27.7 Å². The predicted molar refractivity (Wildman–Crippen MR) is 119 cm³/mol. The molecule has 3 aromatic rings. The molecule has 0 bridgehead atoms. The van der Waals surface area contributed by atoms with Crippen LogP contribution < -0.4 is 10.3 Å². The van der Waals surface area contributed by atoms with Gasteiger partial charge in [-0.25, -0.2) is 10.4 Å². The molecule has 4 rings (SSSR count). The highest BCUT2D eigenvalue weighted by Gasteiger charge is 2.29. The third-order valence-electron chi connectivity index (χ3n) is 4.31. The van der Waals surface area contributed by atoms with Gasteiger partial charge in [-0.15, -0.1) is 5.10 Å². The van der Waals surface area contributed by atoms with Crippen molar-refractivity contribution in [3.05, 3.63) is 66.2 Å². The van der Waals surface area contributed by atoms with Crippen LogP contribution in [0.2, 0.25) is 0 Å². The average Bonchev–Trinajstić information content (AvgIpc) is 3.12. The Balaban J connectivity index is 1.40. The first-order valence-corrected chi connectivity index (χ1v) is 11.0. The fourth-order valence-corrected chi connectivity index (χ4v) is 4.54. The smallest absolute Gasteiger partial charge is 0.250 e. The summed E-state index contributed by atoms with van der Waals surface area (Å²) in [6.07, 6.45) is 0. The van der Waals surface area contributed by atoms with Gasteiger partial charge in [-0.05, 0) is 36.8 Å². The lowest BCUT2D eigenvalue weighted by molar-refractivity contribution is -0.118. The van der Waals surface area contributed by atoms with Crippen LogP contribution in [-0.4, -0.2) is 33.5 Å². The molecule has 0 aliphatic carbocycles. The van der Waals surface area contributed by atoms with Gasteiger partial charge < -0.3 is 0 Å². The number of hydrazone groups is 1.